The molecule has 39 heavy (non-hydrogen) atoms. The number of carbonyl (C=O) groups excluding carboxylic acids is 3. The Labute approximate surface area is 235 Å². The molecule has 2 rings (SSSR count). The number of rotatable bonds is 9. The van der Waals surface area contributed by atoms with E-state index in [2.05, 4.69) is 41.2 Å². The molecule has 0 aromatic heterocycles. The fourth-order valence-corrected chi connectivity index (χ4v) is 4.02. The summed E-state index contributed by atoms with van der Waals surface area (Å²) in [5.74, 6) is -1.63. The molecule has 0 aromatic carbocycles. The molecule has 2 heterocycles. The van der Waals surface area contributed by atoms with Gasteiger partial charge in [-0.25, -0.2) is 0 Å². The average Bonchev–Trinajstić information content (AvgIpc) is 2.90. The van der Waals surface area contributed by atoms with Crippen LogP contribution in [0.2, 0.25) is 0 Å². The molecule has 0 aromatic rings. The molecule has 11 N–H and O–H groups in total. The van der Waals surface area contributed by atoms with Crippen LogP contribution in [0.1, 0.15) is 13.8 Å². The zero-order valence-corrected chi connectivity index (χ0v) is 23.1. The van der Waals surface area contributed by atoms with Crippen LogP contribution in [-0.2, 0) is 23.9 Å². The molecule has 0 spiro atoms. The first-order valence-corrected chi connectivity index (χ1v) is 13.2. The highest BCUT2D eigenvalue weighted by Gasteiger charge is 2.45. The van der Waals surface area contributed by atoms with Crippen LogP contribution in [0.25, 0.3) is 0 Å². The highest BCUT2D eigenvalue weighted by atomic mass is 32.1. The quantitative estimate of drug-likeness (QED) is 0.109. The summed E-state index contributed by atoms with van der Waals surface area (Å²) < 4.78 is 9.81. The van der Waals surface area contributed by atoms with Crippen LogP contribution in [0.3, 0.4) is 0 Å². The number of thiol groups is 2. The van der Waals surface area contributed by atoms with Gasteiger partial charge in [0.25, 0.3) is 0 Å². The topological polar surface area (TPSA) is 268 Å². The number of hydrogen-bond acceptors (Lipinski definition) is 15. The molecule has 2 fully saturated rings. The molecule has 8 unspecified atom stereocenters. The molecular formula is C21H39N3O13S2. The van der Waals surface area contributed by atoms with E-state index in [1.54, 1.807) is 6.92 Å². The first-order valence-electron chi connectivity index (χ1n) is 11.9. The van der Waals surface area contributed by atoms with Gasteiger partial charge in [-0.05, 0) is 0 Å². The third-order valence-corrected chi connectivity index (χ3v) is 6.93. The van der Waals surface area contributed by atoms with Gasteiger partial charge < -0.3 is 66.3 Å². The van der Waals surface area contributed by atoms with Crippen LogP contribution < -0.4 is 16.0 Å². The normalized spacial score (nSPS) is 36.0. The average molecular weight is 606 g/mol. The molecule has 0 radical (unpaired) electrons. The van der Waals surface area contributed by atoms with Gasteiger partial charge in [0.2, 0.25) is 17.7 Å². The summed E-state index contributed by atoms with van der Waals surface area (Å²) in [4.78, 5) is 34.5. The monoisotopic (exact) mass is 605 g/mol. The SMILES string of the molecule is CC(=O)NC(CS)C(=O)NC1C(O)OC(CO)[C@H](O)[C@@H]1O.CC(CS)C(=O)NC1C(O)OC(CO)[C@@H](O)[C@@H]1O. The number of aliphatic hydroxyl groups is 8. The molecule has 16 nitrogen and oxygen atoms in total. The van der Waals surface area contributed by atoms with E-state index >= 15 is 0 Å². The van der Waals surface area contributed by atoms with Crippen molar-refractivity contribution in [2.45, 2.75) is 81.2 Å². The highest BCUT2D eigenvalue weighted by molar-refractivity contribution is 7.80. The third kappa shape index (κ3) is 9.94. The van der Waals surface area contributed by atoms with Gasteiger partial charge in [-0.2, -0.15) is 25.3 Å². The van der Waals surface area contributed by atoms with Crippen molar-refractivity contribution < 1.29 is 64.7 Å². The highest BCUT2D eigenvalue weighted by Crippen LogP contribution is 2.21. The Kier molecular flexibility index (Phi) is 15.4. The predicted molar refractivity (Wildman–Crippen MR) is 138 cm³/mol. The van der Waals surface area contributed by atoms with Crippen molar-refractivity contribution in [3.05, 3.63) is 0 Å². The lowest BCUT2D eigenvalue weighted by Crippen LogP contribution is -2.65. The Balaban J connectivity index is 0.000000395. The van der Waals surface area contributed by atoms with Crippen LogP contribution in [0.5, 0.6) is 0 Å². The maximum Gasteiger partial charge on any atom is 0.243 e. The molecule has 12 atom stereocenters. The van der Waals surface area contributed by atoms with E-state index in [0.717, 1.165) is 0 Å². The molecule has 3 amide bonds. The van der Waals surface area contributed by atoms with Crippen molar-refractivity contribution in [3.63, 3.8) is 0 Å². The Hall–Kier alpha value is -1.29. The summed E-state index contributed by atoms with van der Waals surface area (Å²) in [6, 6.07) is -3.40. The molecule has 2 saturated heterocycles. The smallest absolute Gasteiger partial charge is 0.243 e. The van der Waals surface area contributed by atoms with Gasteiger partial charge in [-0.15, -0.1) is 0 Å². The minimum absolute atomic E-state index is 0.00694. The molecule has 2 aliphatic rings. The zero-order valence-electron chi connectivity index (χ0n) is 21.3. The summed E-state index contributed by atoms with van der Waals surface area (Å²) in [5.41, 5.74) is 0. The van der Waals surface area contributed by atoms with E-state index in [-0.39, 0.29) is 5.75 Å². The van der Waals surface area contributed by atoms with Gasteiger partial charge in [0.15, 0.2) is 12.6 Å². The lowest BCUT2D eigenvalue weighted by Gasteiger charge is -2.40. The van der Waals surface area contributed by atoms with Gasteiger partial charge in [0, 0.05) is 24.3 Å². The van der Waals surface area contributed by atoms with E-state index in [1.165, 1.54) is 6.92 Å². The molecule has 0 aliphatic carbocycles. The maximum atomic E-state index is 11.9. The molecule has 228 valence electrons. The molecule has 0 saturated carbocycles. The van der Waals surface area contributed by atoms with Crippen LogP contribution in [-0.4, -0.2) is 151 Å². The van der Waals surface area contributed by atoms with E-state index in [0.29, 0.717) is 5.75 Å². The Morgan fingerprint density at radius 2 is 1.15 bits per heavy atom. The minimum Gasteiger partial charge on any atom is -0.394 e. The number of carbonyl (C=O) groups is 3. The van der Waals surface area contributed by atoms with Crippen LogP contribution in [0, 0.1) is 5.92 Å². The van der Waals surface area contributed by atoms with Crippen molar-refractivity contribution in [3.8, 4) is 0 Å². The van der Waals surface area contributed by atoms with Crippen LogP contribution in [0.15, 0.2) is 0 Å². The molecule has 2 aliphatic heterocycles. The first-order chi connectivity index (χ1) is 18.2. The van der Waals surface area contributed by atoms with Gasteiger partial charge >= 0.3 is 0 Å². The lowest BCUT2D eigenvalue weighted by molar-refractivity contribution is -0.254. The minimum atomic E-state index is -1.61. The van der Waals surface area contributed by atoms with Gasteiger partial charge in [-0.3, -0.25) is 14.4 Å². The summed E-state index contributed by atoms with van der Waals surface area (Å²) in [5, 5.41) is 83.2. The predicted octanol–water partition coefficient (Wildman–Crippen LogP) is -6.19. The van der Waals surface area contributed by atoms with Gasteiger partial charge in [-0.1, -0.05) is 6.92 Å². The lowest BCUT2D eigenvalue weighted by atomic mass is 9.96. The molecular weight excluding hydrogens is 566 g/mol. The fraction of sp³-hybridized carbons (Fsp3) is 0.857. The molecule has 18 heteroatoms. The standard InChI is InChI=1S/C11H20N2O7S.C10H19NO6S/c1-4(15)12-5(3-21)10(18)13-7-9(17)8(16)6(2-14)20-11(7)19;1-4(3-18)9(15)11-6-8(14)7(13)5(2-12)17-10(6)16/h5-9,11,14,16-17,19,21H,2-3H2,1H3,(H,12,15)(H,13,18);4-8,10,12-14,16,18H,2-3H2,1H3,(H,11,15)/t5?,6?,7?,8-,9+,11?;4?,5?,6?,7-,8-,10?/m01/s1. The second-order valence-corrected chi connectivity index (χ2v) is 9.78. The number of amides is 3. The van der Waals surface area contributed by atoms with Crippen LogP contribution >= 0.6 is 25.3 Å². The summed E-state index contributed by atoms with van der Waals surface area (Å²) >= 11 is 7.89. The van der Waals surface area contributed by atoms with Crippen molar-refractivity contribution >= 4 is 43.0 Å². The van der Waals surface area contributed by atoms with Gasteiger partial charge in [0.1, 0.15) is 54.7 Å². The number of nitrogens with one attached hydrogen (secondary N) is 3. The summed E-state index contributed by atoms with van der Waals surface area (Å²) in [6.45, 7) is 1.73. The summed E-state index contributed by atoms with van der Waals surface area (Å²) in [6.07, 6.45) is -11.1. The third-order valence-electron chi connectivity index (χ3n) is 6.02. The Morgan fingerprint density at radius 1 is 0.744 bits per heavy atom. The van der Waals surface area contributed by atoms with Crippen molar-refractivity contribution in [1.82, 2.24) is 16.0 Å². The number of ether oxygens (including phenoxy) is 2. The fourth-order valence-electron chi connectivity index (χ4n) is 3.60. The zero-order chi connectivity index (χ0) is 30.0. The Bertz CT molecular complexity index is 800. The van der Waals surface area contributed by atoms with Gasteiger partial charge in [0.05, 0.1) is 13.2 Å². The van der Waals surface area contributed by atoms with E-state index in [1.807, 2.05) is 0 Å². The van der Waals surface area contributed by atoms with Crippen molar-refractivity contribution in [2.24, 2.45) is 5.92 Å². The maximum absolute atomic E-state index is 11.9. The van der Waals surface area contributed by atoms with E-state index in [9.17, 15) is 45.0 Å². The summed E-state index contributed by atoms with van der Waals surface area (Å²) in [7, 11) is 0. The van der Waals surface area contributed by atoms with Crippen LogP contribution in [0.4, 0.5) is 0 Å². The number of hydrogen-bond donors (Lipinski definition) is 13. The molecule has 0 bridgehead atoms. The largest absolute Gasteiger partial charge is 0.394 e. The first kappa shape index (κ1) is 35.7. The second-order valence-electron chi connectivity index (χ2n) is 9.05. The van der Waals surface area contributed by atoms with E-state index in [4.69, 9.17) is 19.7 Å². The Morgan fingerprint density at radius 3 is 1.49 bits per heavy atom. The van der Waals surface area contributed by atoms with Crippen molar-refractivity contribution in [1.29, 1.82) is 0 Å². The van der Waals surface area contributed by atoms with E-state index < -0.39 is 104 Å². The number of aliphatic hydroxyl groups excluding tert-OH is 8. The van der Waals surface area contributed by atoms with Crippen molar-refractivity contribution in [2.75, 3.05) is 24.7 Å². The second kappa shape index (κ2) is 16.8.